The fraction of sp³-hybridized carbons (Fsp3) is 0.222. The number of hydrogen-bond acceptors (Lipinski definition) is 2. The Kier molecular flexibility index (Phi) is 3.57. The predicted molar refractivity (Wildman–Crippen MR) is 82.5 cm³/mol. The first kappa shape index (κ1) is 12.9. The Hall–Kier alpha value is -2.06. The predicted octanol–water partition coefficient (Wildman–Crippen LogP) is 3.54. The largest absolute Gasteiger partial charge is 0.393 e. The molecule has 1 atom stereocenters. The maximum atomic E-state index is 5.73. The van der Waals surface area contributed by atoms with Crippen molar-refractivity contribution in [1.82, 2.24) is 5.32 Å². The number of fused-ring (bicyclic) bond motifs is 2. The van der Waals surface area contributed by atoms with Crippen molar-refractivity contribution in [3.8, 4) is 0 Å². The quantitative estimate of drug-likeness (QED) is 0.896. The van der Waals surface area contributed by atoms with E-state index in [1.807, 2.05) is 7.05 Å². The van der Waals surface area contributed by atoms with Crippen molar-refractivity contribution in [2.75, 3.05) is 14.2 Å². The Balaban J connectivity index is 2.28. The molecule has 1 unspecified atom stereocenters. The molecule has 0 aliphatic heterocycles. The van der Waals surface area contributed by atoms with E-state index in [9.17, 15) is 0 Å². The first-order valence-electron chi connectivity index (χ1n) is 6.93. The molecule has 3 rings (SSSR count). The van der Waals surface area contributed by atoms with Crippen LogP contribution < -0.4 is 5.32 Å². The second kappa shape index (κ2) is 5.51. The zero-order valence-electron chi connectivity index (χ0n) is 11.9. The van der Waals surface area contributed by atoms with Gasteiger partial charge < -0.3 is 10.1 Å². The zero-order valence-corrected chi connectivity index (χ0v) is 11.9. The van der Waals surface area contributed by atoms with Crippen LogP contribution in [0.2, 0.25) is 0 Å². The molecule has 0 radical (unpaired) electrons. The van der Waals surface area contributed by atoms with Crippen LogP contribution in [0.1, 0.15) is 28.4 Å². The average Bonchev–Trinajstić information content (AvgIpc) is 2.63. The molecule has 1 N–H and O–H groups in total. The van der Waals surface area contributed by atoms with Crippen molar-refractivity contribution >= 4 is 5.57 Å². The number of hydrogen-bond donors (Lipinski definition) is 1. The minimum atomic E-state index is 0.107. The lowest BCUT2D eigenvalue weighted by Crippen LogP contribution is -2.05. The van der Waals surface area contributed by atoms with Gasteiger partial charge in [-0.2, -0.15) is 0 Å². The van der Waals surface area contributed by atoms with Crippen LogP contribution in [-0.4, -0.2) is 14.2 Å². The van der Waals surface area contributed by atoms with Crippen LogP contribution in [-0.2, 0) is 11.2 Å². The lowest BCUT2D eigenvalue weighted by molar-refractivity contribution is 0.104. The first-order valence-corrected chi connectivity index (χ1v) is 6.93. The zero-order chi connectivity index (χ0) is 13.9. The van der Waals surface area contributed by atoms with Crippen LogP contribution in [0.15, 0.2) is 54.7 Å². The van der Waals surface area contributed by atoms with E-state index in [0.717, 1.165) is 6.42 Å². The molecule has 20 heavy (non-hydrogen) atoms. The summed E-state index contributed by atoms with van der Waals surface area (Å²) in [4.78, 5) is 0. The van der Waals surface area contributed by atoms with Gasteiger partial charge in [0.15, 0.2) is 0 Å². The van der Waals surface area contributed by atoms with Gasteiger partial charge in [-0.3, -0.25) is 0 Å². The SMILES string of the molecule is CN/C=C1/c2ccccc2CC(OC)c2ccccc21. The van der Waals surface area contributed by atoms with Crippen LogP contribution in [0.25, 0.3) is 5.57 Å². The monoisotopic (exact) mass is 265 g/mol. The second-order valence-corrected chi connectivity index (χ2v) is 5.02. The van der Waals surface area contributed by atoms with E-state index in [1.54, 1.807) is 7.11 Å². The van der Waals surface area contributed by atoms with Crippen LogP contribution in [0, 0.1) is 0 Å². The number of ether oxygens (including phenoxy) is 1. The highest BCUT2D eigenvalue weighted by Gasteiger charge is 2.24. The molecule has 0 spiro atoms. The van der Waals surface area contributed by atoms with Gasteiger partial charge in [-0.15, -0.1) is 0 Å². The lowest BCUT2D eigenvalue weighted by atomic mass is 9.95. The molecule has 0 amide bonds. The fourth-order valence-electron chi connectivity index (χ4n) is 2.95. The van der Waals surface area contributed by atoms with Crippen molar-refractivity contribution in [3.05, 3.63) is 77.0 Å². The van der Waals surface area contributed by atoms with Gasteiger partial charge >= 0.3 is 0 Å². The van der Waals surface area contributed by atoms with Crippen molar-refractivity contribution < 1.29 is 4.74 Å². The summed E-state index contributed by atoms with van der Waals surface area (Å²) in [7, 11) is 3.73. The van der Waals surface area contributed by atoms with Crippen LogP contribution in [0.4, 0.5) is 0 Å². The molecule has 2 aromatic carbocycles. The summed E-state index contributed by atoms with van der Waals surface area (Å²) in [5.74, 6) is 0. The van der Waals surface area contributed by atoms with Gasteiger partial charge in [-0.25, -0.2) is 0 Å². The van der Waals surface area contributed by atoms with E-state index in [0.29, 0.717) is 0 Å². The van der Waals surface area contributed by atoms with E-state index in [-0.39, 0.29) is 6.10 Å². The summed E-state index contributed by atoms with van der Waals surface area (Å²) >= 11 is 0. The van der Waals surface area contributed by atoms with Crippen LogP contribution >= 0.6 is 0 Å². The van der Waals surface area contributed by atoms with Gasteiger partial charge in [0, 0.05) is 32.4 Å². The maximum Gasteiger partial charge on any atom is 0.0867 e. The molecule has 102 valence electrons. The molecular formula is C18H19NO. The van der Waals surface area contributed by atoms with Crippen LogP contribution in [0.3, 0.4) is 0 Å². The highest BCUT2D eigenvalue weighted by atomic mass is 16.5. The molecule has 1 aliphatic carbocycles. The van der Waals surface area contributed by atoms with Gasteiger partial charge in [-0.1, -0.05) is 48.5 Å². The number of methoxy groups -OCH3 is 1. The van der Waals surface area contributed by atoms with Crippen LogP contribution in [0.5, 0.6) is 0 Å². The van der Waals surface area contributed by atoms with E-state index in [2.05, 4.69) is 60.0 Å². The molecule has 1 aliphatic rings. The van der Waals surface area contributed by atoms with Gasteiger partial charge in [-0.05, 0) is 22.3 Å². The van der Waals surface area contributed by atoms with E-state index >= 15 is 0 Å². The summed E-state index contributed by atoms with van der Waals surface area (Å²) in [5.41, 5.74) is 6.36. The minimum Gasteiger partial charge on any atom is -0.393 e. The molecule has 0 saturated carbocycles. The van der Waals surface area contributed by atoms with E-state index in [4.69, 9.17) is 4.74 Å². The van der Waals surface area contributed by atoms with Crippen molar-refractivity contribution in [1.29, 1.82) is 0 Å². The van der Waals surface area contributed by atoms with Crippen molar-refractivity contribution in [2.24, 2.45) is 0 Å². The molecule has 0 aromatic heterocycles. The van der Waals surface area contributed by atoms with Crippen molar-refractivity contribution in [3.63, 3.8) is 0 Å². The molecule has 0 fully saturated rings. The van der Waals surface area contributed by atoms with Gasteiger partial charge in [0.25, 0.3) is 0 Å². The fourth-order valence-corrected chi connectivity index (χ4v) is 2.95. The topological polar surface area (TPSA) is 21.3 Å². The molecule has 2 aromatic rings. The molecule has 0 saturated heterocycles. The highest BCUT2D eigenvalue weighted by molar-refractivity contribution is 5.84. The second-order valence-electron chi connectivity index (χ2n) is 5.02. The van der Waals surface area contributed by atoms with Gasteiger partial charge in [0.05, 0.1) is 6.10 Å². The van der Waals surface area contributed by atoms with Gasteiger partial charge in [0.2, 0.25) is 0 Å². The first-order chi connectivity index (χ1) is 9.85. The highest BCUT2D eigenvalue weighted by Crippen LogP contribution is 2.38. The third-order valence-electron chi connectivity index (χ3n) is 3.88. The summed E-state index contributed by atoms with van der Waals surface area (Å²) in [6.45, 7) is 0. The normalized spacial score (nSPS) is 19.1. The number of nitrogens with one attached hydrogen (secondary N) is 1. The molecule has 0 bridgehead atoms. The molecule has 0 heterocycles. The maximum absolute atomic E-state index is 5.73. The Morgan fingerprint density at radius 3 is 2.50 bits per heavy atom. The number of benzene rings is 2. The molecule has 2 nitrogen and oxygen atoms in total. The molecule has 2 heteroatoms. The smallest absolute Gasteiger partial charge is 0.0867 e. The number of rotatable bonds is 2. The summed E-state index contributed by atoms with van der Waals surface area (Å²) in [5, 5.41) is 3.18. The summed E-state index contributed by atoms with van der Waals surface area (Å²) < 4.78 is 5.73. The Morgan fingerprint density at radius 2 is 1.75 bits per heavy atom. The van der Waals surface area contributed by atoms with Crippen molar-refractivity contribution in [2.45, 2.75) is 12.5 Å². The Bertz CT molecular complexity index is 645. The minimum absolute atomic E-state index is 0.107. The van der Waals surface area contributed by atoms with E-state index in [1.165, 1.54) is 27.8 Å². The summed E-state index contributed by atoms with van der Waals surface area (Å²) in [6, 6.07) is 17.1. The lowest BCUT2D eigenvalue weighted by Gasteiger charge is -2.16. The third-order valence-corrected chi connectivity index (χ3v) is 3.88. The Morgan fingerprint density at radius 1 is 1.05 bits per heavy atom. The third kappa shape index (κ3) is 2.12. The molecular weight excluding hydrogens is 246 g/mol. The standard InChI is InChI=1S/C18H19NO/c1-19-12-17-14-8-4-3-7-13(14)11-18(20-2)16-10-6-5-9-15(16)17/h3-10,12,18-19H,11H2,1-2H3/b17-12-. The Labute approximate surface area is 120 Å². The van der Waals surface area contributed by atoms with Gasteiger partial charge in [0.1, 0.15) is 0 Å². The van der Waals surface area contributed by atoms with E-state index < -0.39 is 0 Å². The summed E-state index contributed by atoms with van der Waals surface area (Å²) in [6.07, 6.45) is 3.09. The average molecular weight is 265 g/mol.